The number of carboxylic acids is 1. The first-order chi connectivity index (χ1) is 12.4. The third kappa shape index (κ3) is 3.82. The second-order valence-electron chi connectivity index (χ2n) is 6.07. The molecule has 1 aliphatic rings. The van der Waals surface area contributed by atoms with E-state index in [-0.39, 0.29) is 6.42 Å². The van der Waals surface area contributed by atoms with Crippen LogP contribution in [0.2, 0.25) is 5.02 Å². The van der Waals surface area contributed by atoms with Crippen molar-refractivity contribution in [3.05, 3.63) is 58.1 Å². The maximum absolute atomic E-state index is 11.3. The van der Waals surface area contributed by atoms with Crippen molar-refractivity contribution >= 4 is 40.5 Å². The molecular weight excluding hydrogens is 374 g/mol. The Bertz CT molecular complexity index is 871. The lowest BCUT2D eigenvalue weighted by molar-refractivity contribution is -0.139. The molecule has 0 aliphatic carbocycles. The van der Waals surface area contributed by atoms with Crippen LogP contribution >= 0.6 is 23.8 Å². The lowest BCUT2D eigenvalue weighted by Gasteiger charge is -2.23. The van der Waals surface area contributed by atoms with Gasteiger partial charge in [0, 0.05) is 21.8 Å². The molecule has 0 fully saturated rings. The number of rotatable bonds is 4. The fourth-order valence-corrected chi connectivity index (χ4v) is 3.38. The molecule has 3 rings (SSSR count). The van der Waals surface area contributed by atoms with Crippen LogP contribution in [0.15, 0.2) is 36.4 Å². The maximum atomic E-state index is 11.3. The standard InChI is InChI=1S/C19H18ClNO4S/c1-10-3-5-12(15(7-10)24-2)18-13-8-11(20)4-6-14(13)21-19(26)16(25-18)9-17(22)23/h3-8,16,18H,9H2,1-2H3,(H,21,26)(H,22,23)/t16-,18-/m1/s1. The predicted octanol–water partition coefficient (Wildman–Crippen LogP) is 4.36. The smallest absolute Gasteiger partial charge is 0.306 e. The lowest BCUT2D eigenvalue weighted by atomic mass is 9.97. The zero-order valence-corrected chi connectivity index (χ0v) is 15.9. The van der Waals surface area contributed by atoms with E-state index in [1.807, 2.05) is 31.2 Å². The van der Waals surface area contributed by atoms with Crippen molar-refractivity contribution < 1.29 is 19.4 Å². The Labute approximate surface area is 161 Å². The summed E-state index contributed by atoms with van der Waals surface area (Å²) in [5.74, 6) is -0.333. The van der Waals surface area contributed by atoms with Gasteiger partial charge in [-0.2, -0.15) is 0 Å². The van der Waals surface area contributed by atoms with Gasteiger partial charge in [-0.15, -0.1) is 0 Å². The highest BCUT2D eigenvalue weighted by atomic mass is 35.5. The van der Waals surface area contributed by atoms with Crippen molar-refractivity contribution in [3.8, 4) is 5.75 Å². The van der Waals surface area contributed by atoms with Crippen molar-refractivity contribution in [1.82, 2.24) is 0 Å². The molecule has 2 atom stereocenters. The van der Waals surface area contributed by atoms with E-state index in [2.05, 4.69) is 5.32 Å². The average molecular weight is 392 g/mol. The highest BCUT2D eigenvalue weighted by Crippen LogP contribution is 2.41. The van der Waals surface area contributed by atoms with Crippen LogP contribution in [-0.2, 0) is 9.53 Å². The quantitative estimate of drug-likeness (QED) is 0.755. The number of carboxylic acid groups (broad SMARTS) is 1. The zero-order chi connectivity index (χ0) is 18.8. The minimum atomic E-state index is -0.988. The summed E-state index contributed by atoms with van der Waals surface area (Å²) in [7, 11) is 1.59. The highest BCUT2D eigenvalue weighted by molar-refractivity contribution is 7.80. The van der Waals surface area contributed by atoms with Gasteiger partial charge in [-0.25, -0.2) is 0 Å². The number of anilines is 1. The number of benzene rings is 2. The number of hydrogen-bond donors (Lipinski definition) is 2. The van der Waals surface area contributed by atoms with Gasteiger partial charge in [0.2, 0.25) is 0 Å². The topological polar surface area (TPSA) is 67.8 Å². The summed E-state index contributed by atoms with van der Waals surface area (Å²) in [4.78, 5) is 11.6. The largest absolute Gasteiger partial charge is 0.496 e. The predicted molar refractivity (Wildman–Crippen MR) is 104 cm³/mol. The van der Waals surface area contributed by atoms with Crippen LogP contribution in [-0.4, -0.2) is 29.3 Å². The minimum Gasteiger partial charge on any atom is -0.496 e. The van der Waals surface area contributed by atoms with Gasteiger partial charge in [-0.05, 0) is 36.8 Å². The molecule has 5 nitrogen and oxygen atoms in total. The monoisotopic (exact) mass is 391 g/mol. The number of aliphatic carboxylic acids is 1. The maximum Gasteiger partial charge on any atom is 0.306 e. The summed E-state index contributed by atoms with van der Waals surface area (Å²) < 4.78 is 11.7. The van der Waals surface area contributed by atoms with Gasteiger partial charge < -0.3 is 19.9 Å². The Morgan fingerprint density at radius 3 is 2.77 bits per heavy atom. The second kappa shape index (κ2) is 7.61. The summed E-state index contributed by atoms with van der Waals surface area (Å²) >= 11 is 11.6. The van der Waals surface area contributed by atoms with Crippen molar-refractivity contribution in [2.24, 2.45) is 0 Å². The Morgan fingerprint density at radius 2 is 2.08 bits per heavy atom. The van der Waals surface area contributed by atoms with Crippen molar-refractivity contribution in [1.29, 1.82) is 0 Å². The normalized spacial score (nSPS) is 19.3. The summed E-state index contributed by atoms with van der Waals surface area (Å²) in [6.45, 7) is 1.97. The van der Waals surface area contributed by atoms with Crippen LogP contribution in [0.1, 0.15) is 29.2 Å². The van der Waals surface area contributed by atoms with Crippen LogP contribution in [0.5, 0.6) is 5.75 Å². The Hall–Kier alpha value is -2.15. The first-order valence-electron chi connectivity index (χ1n) is 8.01. The highest BCUT2D eigenvalue weighted by Gasteiger charge is 2.32. The van der Waals surface area contributed by atoms with Crippen molar-refractivity contribution in [2.75, 3.05) is 12.4 Å². The molecule has 136 valence electrons. The van der Waals surface area contributed by atoms with E-state index in [9.17, 15) is 9.90 Å². The van der Waals surface area contributed by atoms with E-state index in [4.69, 9.17) is 33.3 Å². The molecule has 0 spiro atoms. The van der Waals surface area contributed by atoms with Crippen LogP contribution in [0, 0.1) is 6.92 Å². The fourth-order valence-electron chi connectivity index (χ4n) is 2.95. The van der Waals surface area contributed by atoms with Gasteiger partial charge in [0.1, 0.15) is 22.9 Å². The third-order valence-corrected chi connectivity index (χ3v) is 4.78. The van der Waals surface area contributed by atoms with Crippen LogP contribution < -0.4 is 10.1 Å². The van der Waals surface area contributed by atoms with Gasteiger partial charge >= 0.3 is 5.97 Å². The Balaban J connectivity index is 2.15. The summed E-state index contributed by atoms with van der Waals surface area (Å²) in [6, 6.07) is 11.1. The molecule has 1 aliphatic heterocycles. The number of aryl methyl sites for hydroxylation is 1. The third-order valence-electron chi connectivity index (χ3n) is 4.18. The molecule has 1 heterocycles. The number of thiocarbonyl (C=S) groups is 1. The number of carbonyl (C=O) groups is 1. The van der Waals surface area contributed by atoms with E-state index in [0.29, 0.717) is 15.8 Å². The number of halogens is 1. The number of methoxy groups -OCH3 is 1. The molecule has 2 N–H and O–H groups in total. The van der Waals surface area contributed by atoms with E-state index < -0.39 is 18.2 Å². The number of ether oxygens (including phenoxy) is 2. The SMILES string of the molecule is COc1cc(C)ccc1[C@H]1O[C@H](CC(=O)O)C(=S)Nc2ccc(Cl)cc21. The van der Waals surface area contributed by atoms with E-state index in [1.54, 1.807) is 19.2 Å². The first kappa shape index (κ1) is 18.6. The Kier molecular flexibility index (Phi) is 5.46. The molecule has 2 aromatic carbocycles. The van der Waals surface area contributed by atoms with Crippen molar-refractivity contribution in [3.63, 3.8) is 0 Å². The van der Waals surface area contributed by atoms with E-state index >= 15 is 0 Å². The van der Waals surface area contributed by atoms with Crippen molar-refractivity contribution in [2.45, 2.75) is 25.6 Å². The van der Waals surface area contributed by atoms with Crippen LogP contribution in [0.4, 0.5) is 5.69 Å². The average Bonchev–Trinajstić information content (AvgIpc) is 2.71. The first-order valence-corrected chi connectivity index (χ1v) is 8.79. The molecule has 2 aromatic rings. The number of hydrogen-bond acceptors (Lipinski definition) is 4. The Morgan fingerprint density at radius 1 is 1.31 bits per heavy atom. The molecule has 0 saturated heterocycles. The second-order valence-corrected chi connectivity index (χ2v) is 6.95. The molecule has 0 radical (unpaired) electrons. The van der Waals surface area contributed by atoms with Crippen LogP contribution in [0.25, 0.3) is 0 Å². The lowest BCUT2D eigenvalue weighted by Crippen LogP contribution is -2.30. The summed E-state index contributed by atoms with van der Waals surface area (Å²) in [5, 5.41) is 12.9. The molecule has 0 saturated carbocycles. The summed E-state index contributed by atoms with van der Waals surface area (Å²) in [6.07, 6.45) is -1.58. The van der Waals surface area contributed by atoms with Gasteiger partial charge in [0.05, 0.1) is 13.5 Å². The number of fused-ring (bicyclic) bond motifs is 1. The molecule has 0 amide bonds. The molecule has 7 heteroatoms. The van der Waals surface area contributed by atoms with Gasteiger partial charge in [-0.3, -0.25) is 4.79 Å². The minimum absolute atomic E-state index is 0.238. The van der Waals surface area contributed by atoms with E-state index in [1.165, 1.54) is 0 Å². The zero-order valence-electron chi connectivity index (χ0n) is 14.3. The molecule has 0 unspecified atom stereocenters. The molecular formula is C19H18ClNO4S. The summed E-state index contributed by atoms with van der Waals surface area (Å²) in [5.41, 5.74) is 3.33. The van der Waals surface area contributed by atoms with E-state index in [0.717, 1.165) is 22.4 Å². The molecule has 26 heavy (non-hydrogen) atoms. The number of nitrogens with one attached hydrogen (secondary N) is 1. The van der Waals surface area contributed by atoms with Gasteiger partial charge in [-0.1, -0.05) is 36.0 Å². The molecule has 0 aromatic heterocycles. The van der Waals surface area contributed by atoms with Crippen LogP contribution in [0.3, 0.4) is 0 Å². The molecule has 0 bridgehead atoms. The van der Waals surface area contributed by atoms with Gasteiger partial charge in [0.25, 0.3) is 0 Å². The van der Waals surface area contributed by atoms with Gasteiger partial charge in [0.15, 0.2) is 0 Å². The fraction of sp³-hybridized carbons (Fsp3) is 0.263.